The van der Waals surface area contributed by atoms with Crippen LogP contribution < -0.4 is 0 Å². The average molecular weight is 213 g/mol. The first-order valence-corrected chi connectivity index (χ1v) is 4.70. The summed E-state index contributed by atoms with van der Waals surface area (Å²) in [6, 6.07) is 1.63. The monoisotopic (exact) mass is 213 g/mol. The number of nitrogens with zero attached hydrogens (tertiary/aromatic N) is 3. The molecule has 3 aromatic heterocycles. The molecule has 3 rings (SSSR count). The van der Waals surface area contributed by atoms with Gasteiger partial charge in [0.2, 0.25) is 0 Å². The summed E-state index contributed by atoms with van der Waals surface area (Å²) in [5.41, 5.74) is 1.72. The molecular weight excluding hydrogens is 206 g/mol. The molecule has 0 saturated carbocycles. The summed E-state index contributed by atoms with van der Waals surface area (Å²) < 4.78 is 6.49. The Morgan fingerprint density at radius 2 is 2.31 bits per heavy atom. The second kappa shape index (κ2) is 3.30. The van der Waals surface area contributed by atoms with E-state index in [1.165, 1.54) is 18.7 Å². The second-order valence-electron chi connectivity index (χ2n) is 3.31. The Morgan fingerprint density at radius 1 is 1.38 bits per heavy atom. The molecule has 78 valence electrons. The molecule has 0 aliphatic heterocycles. The highest BCUT2D eigenvalue weighted by atomic mass is 16.3. The molecule has 16 heavy (non-hydrogen) atoms. The molecule has 3 heterocycles. The lowest BCUT2D eigenvalue weighted by molar-refractivity contribution is 0.103. The van der Waals surface area contributed by atoms with E-state index >= 15 is 0 Å². The van der Waals surface area contributed by atoms with Crippen molar-refractivity contribution in [1.82, 2.24) is 14.6 Å². The molecule has 0 aromatic carbocycles. The van der Waals surface area contributed by atoms with E-state index in [9.17, 15) is 4.79 Å². The number of furan rings is 1. The molecule has 0 N–H and O–H groups in total. The number of ketones is 1. The van der Waals surface area contributed by atoms with Crippen molar-refractivity contribution >= 4 is 11.3 Å². The van der Waals surface area contributed by atoms with Gasteiger partial charge in [-0.2, -0.15) is 5.10 Å². The molecule has 0 aliphatic carbocycles. The fraction of sp³-hybridized carbons (Fsp3) is 0. The van der Waals surface area contributed by atoms with Crippen LogP contribution in [0.2, 0.25) is 0 Å². The van der Waals surface area contributed by atoms with Gasteiger partial charge in [0.25, 0.3) is 0 Å². The van der Waals surface area contributed by atoms with Gasteiger partial charge < -0.3 is 4.42 Å². The number of rotatable bonds is 2. The third-order valence-corrected chi connectivity index (χ3v) is 2.35. The van der Waals surface area contributed by atoms with Crippen LogP contribution in [0.25, 0.3) is 5.52 Å². The number of hydrogen-bond acceptors (Lipinski definition) is 4. The molecule has 0 amide bonds. The van der Waals surface area contributed by atoms with Crippen molar-refractivity contribution in [3.63, 3.8) is 0 Å². The minimum atomic E-state index is -0.114. The van der Waals surface area contributed by atoms with Crippen molar-refractivity contribution in [3.05, 3.63) is 54.5 Å². The van der Waals surface area contributed by atoms with Crippen LogP contribution in [0.3, 0.4) is 0 Å². The van der Waals surface area contributed by atoms with Crippen LogP contribution in [-0.4, -0.2) is 20.4 Å². The molecular formula is C11H7N3O2. The second-order valence-corrected chi connectivity index (χ2v) is 3.31. The first-order chi connectivity index (χ1) is 7.86. The van der Waals surface area contributed by atoms with Gasteiger partial charge in [0.1, 0.15) is 6.26 Å². The van der Waals surface area contributed by atoms with Crippen LogP contribution in [0.1, 0.15) is 15.9 Å². The van der Waals surface area contributed by atoms with Gasteiger partial charge in [0, 0.05) is 12.4 Å². The van der Waals surface area contributed by atoms with Crippen LogP contribution >= 0.6 is 0 Å². The summed E-state index contributed by atoms with van der Waals surface area (Å²) in [7, 11) is 0. The zero-order valence-corrected chi connectivity index (χ0v) is 8.20. The number of carbonyl (C=O) groups is 1. The average Bonchev–Trinajstić information content (AvgIpc) is 2.98. The number of aromatic nitrogens is 3. The zero-order valence-electron chi connectivity index (χ0n) is 8.20. The molecule has 5 heteroatoms. The highest BCUT2D eigenvalue weighted by molar-refractivity contribution is 6.12. The fourth-order valence-electron chi connectivity index (χ4n) is 1.56. The summed E-state index contributed by atoms with van der Waals surface area (Å²) in [5.74, 6) is -0.114. The quantitative estimate of drug-likeness (QED) is 0.606. The predicted molar refractivity (Wildman–Crippen MR) is 55.1 cm³/mol. The van der Waals surface area contributed by atoms with E-state index in [0.717, 1.165) is 0 Å². The van der Waals surface area contributed by atoms with Crippen molar-refractivity contribution < 1.29 is 9.21 Å². The highest BCUT2D eigenvalue weighted by Crippen LogP contribution is 2.14. The molecule has 0 bridgehead atoms. The Hall–Kier alpha value is -2.43. The van der Waals surface area contributed by atoms with Crippen LogP contribution in [0.5, 0.6) is 0 Å². The first kappa shape index (κ1) is 8.84. The molecule has 0 atom stereocenters. The summed E-state index contributed by atoms with van der Waals surface area (Å²) in [5, 5.41) is 4.07. The van der Waals surface area contributed by atoms with E-state index in [1.807, 2.05) is 0 Å². The van der Waals surface area contributed by atoms with E-state index in [1.54, 1.807) is 29.2 Å². The molecule has 3 aromatic rings. The molecule has 0 aliphatic rings. The fourth-order valence-corrected chi connectivity index (χ4v) is 1.56. The minimum Gasteiger partial charge on any atom is -0.472 e. The van der Waals surface area contributed by atoms with Crippen molar-refractivity contribution in [2.75, 3.05) is 0 Å². The topological polar surface area (TPSA) is 60.4 Å². The molecule has 5 nitrogen and oxygen atoms in total. The van der Waals surface area contributed by atoms with Gasteiger partial charge in [-0.3, -0.25) is 9.78 Å². The van der Waals surface area contributed by atoms with Gasteiger partial charge in [-0.25, -0.2) is 4.52 Å². The highest BCUT2D eigenvalue weighted by Gasteiger charge is 2.15. The first-order valence-electron chi connectivity index (χ1n) is 4.70. The van der Waals surface area contributed by atoms with Crippen molar-refractivity contribution in [2.24, 2.45) is 0 Å². The lowest BCUT2D eigenvalue weighted by Gasteiger charge is -1.94. The Kier molecular flexibility index (Phi) is 1.83. The number of carbonyl (C=O) groups excluding carboxylic acids is 1. The molecule has 0 radical (unpaired) electrons. The van der Waals surface area contributed by atoms with Gasteiger partial charge in [0.05, 0.1) is 35.3 Å². The van der Waals surface area contributed by atoms with Crippen molar-refractivity contribution in [2.45, 2.75) is 0 Å². The maximum absolute atomic E-state index is 12.0. The molecule has 0 fully saturated rings. The maximum Gasteiger partial charge on any atom is 0.200 e. The zero-order chi connectivity index (χ0) is 11.0. The maximum atomic E-state index is 12.0. The number of fused-ring (bicyclic) bond motifs is 1. The van der Waals surface area contributed by atoms with E-state index in [0.29, 0.717) is 16.6 Å². The summed E-state index contributed by atoms with van der Waals surface area (Å²) in [6.45, 7) is 0. The van der Waals surface area contributed by atoms with Gasteiger partial charge in [0.15, 0.2) is 5.78 Å². The van der Waals surface area contributed by atoms with Crippen molar-refractivity contribution in [3.8, 4) is 0 Å². The molecule has 0 unspecified atom stereocenters. The SMILES string of the molecule is O=C(c1ccoc1)c1cnn2ccncc12. The van der Waals surface area contributed by atoms with Crippen molar-refractivity contribution in [1.29, 1.82) is 0 Å². The Morgan fingerprint density at radius 3 is 3.12 bits per heavy atom. The van der Waals surface area contributed by atoms with E-state index in [4.69, 9.17) is 4.42 Å². The molecule has 0 saturated heterocycles. The van der Waals surface area contributed by atoms with Gasteiger partial charge in [-0.1, -0.05) is 0 Å². The van der Waals surface area contributed by atoms with Gasteiger partial charge in [-0.15, -0.1) is 0 Å². The van der Waals surface area contributed by atoms with Crippen LogP contribution in [0.15, 0.2) is 47.8 Å². The lowest BCUT2D eigenvalue weighted by Crippen LogP contribution is -1.99. The van der Waals surface area contributed by atoms with E-state index in [-0.39, 0.29) is 5.78 Å². The Labute approximate surface area is 90.3 Å². The Bertz CT molecular complexity index is 640. The largest absolute Gasteiger partial charge is 0.472 e. The lowest BCUT2D eigenvalue weighted by atomic mass is 10.1. The minimum absolute atomic E-state index is 0.114. The van der Waals surface area contributed by atoms with Crippen LogP contribution in [0.4, 0.5) is 0 Å². The predicted octanol–water partition coefficient (Wildman–Crippen LogP) is 1.55. The van der Waals surface area contributed by atoms with Gasteiger partial charge in [-0.05, 0) is 6.07 Å². The van der Waals surface area contributed by atoms with E-state index < -0.39 is 0 Å². The van der Waals surface area contributed by atoms with Gasteiger partial charge >= 0.3 is 0 Å². The summed E-state index contributed by atoms with van der Waals surface area (Å²) in [4.78, 5) is 16.0. The summed E-state index contributed by atoms with van der Waals surface area (Å²) >= 11 is 0. The number of hydrogen-bond donors (Lipinski definition) is 0. The standard InChI is InChI=1S/C11H7N3O2/c15-11(8-1-4-16-7-8)9-5-13-14-3-2-12-6-10(9)14/h1-7H. The van der Waals surface area contributed by atoms with E-state index in [2.05, 4.69) is 10.1 Å². The normalized spacial score (nSPS) is 10.8. The smallest absolute Gasteiger partial charge is 0.200 e. The molecule has 0 spiro atoms. The Balaban J connectivity index is 2.16. The third kappa shape index (κ3) is 1.22. The van der Waals surface area contributed by atoms with Crippen LogP contribution in [0, 0.1) is 0 Å². The summed E-state index contributed by atoms with van der Waals surface area (Å²) in [6.07, 6.45) is 9.35. The third-order valence-electron chi connectivity index (χ3n) is 2.35. The van der Waals surface area contributed by atoms with Crippen LogP contribution in [-0.2, 0) is 0 Å².